The lowest BCUT2D eigenvalue weighted by Crippen LogP contribution is -2.47. The van der Waals surface area contributed by atoms with Gasteiger partial charge in [0.25, 0.3) is 0 Å². The summed E-state index contributed by atoms with van der Waals surface area (Å²) < 4.78 is 39.0. The highest BCUT2D eigenvalue weighted by Crippen LogP contribution is 2.81. The van der Waals surface area contributed by atoms with E-state index in [0.29, 0.717) is 11.8 Å². The van der Waals surface area contributed by atoms with Gasteiger partial charge in [-0.3, -0.25) is 0 Å². The van der Waals surface area contributed by atoms with Gasteiger partial charge in [-0.05, 0) is 140 Å². The monoisotopic (exact) mass is 406 g/mol. The number of halogens is 3. The minimum Gasteiger partial charge on any atom is -0.384 e. The molecule has 0 aromatic heterocycles. The van der Waals surface area contributed by atoms with E-state index in [1.807, 2.05) is 0 Å². The highest BCUT2D eigenvalue weighted by molar-refractivity contribution is 5.23. The summed E-state index contributed by atoms with van der Waals surface area (Å²) in [4.78, 5) is 0. The molecule has 0 aromatic carbocycles. The summed E-state index contributed by atoms with van der Waals surface area (Å²) in [7, 11) is 0. The second kappa shape index (κ2) is 5.21. The van der Waals surface area contributed by atoms with Gasteiger partial charge >= 0.3 is 6.18 Å². The molecule has 0 amide bonds. The van der Waals surface area contributed by atoms with Gasteiger partial charge in [-0.25, -0.2) is 0 Å². The zero-order chi connectivity index (χ0) is 19.4. The summed E-state index contributed by atoms with van der Waals surface area (Å²) in [5, 5.41) is 9.72. The summed E-state index contributed by atoms with van der Waals surface area (Å²) in [5.41, 5.74) is 0. The molecule has 4 heteroatoms. The number of hydrogen-bond donors (Lipinski definition) is 1. The van der Waals surface area contributed by atoms with Crippen LogP contribution >= 0.6 is 0 Å². The molecule has 8 saturated carbocycles. The topological polar surface area (TPSA) is 20.2 Å². The van der Waals surface area contributed by atoms with Crippen LogP contribution < -0.4 is 0 Å². The fraction of sp³-hybridized carbons (Fsp3) is 1.00. The standard InChI is InChI=1S/C25H33F3O/c26-25(27,28)18(29)6-11-4-12-5-13(11)22-17-8-16(21(12)22)23-14-7-15(24(17)23)20-10-2-1-9(3-10)19(14)20/h9-24,29H,1-8H2. The third-order valence-corrected chi connectivity index (χ3v) is 12.7. The SMILES string of the molecule is OC(CC1CC2CC1C1C3CC(C21)C1C2CC(C4C5CCC(C5)C24)C31)C(F)(F)F. The van der Waals surface area contributed by atoms with E-state index in [2.05, 4.69) is 0 Å². The summed E-state index contributed by atoms with van der Waals surface area (Å²) in [6.07, 6.45) is 3.08. The van der Waals surface area contributed by atoms with Crippen LogP contribution in [0.1, 0.15) is 51.4 Å². The molecule has 0 saturated heterocycles. The van der Waals surface area contributed by atoms with Crippen LogP contribution in [0, 0.1) is 88.8 Å². The third-order valence-electron chi connectivity index (χ3n) is 12.7. The third kappa shape index (κ3) is 1.89. The quantitative estimate of drug-likeness (QED) is 0.610. The maximum atomic E-state index is 13.0. The molecule has 29 heavy (non-hydrogen) atoms. The van der Waals surface area contributed by atoms with E-state index >= 15 is 0 Å². The van der Waals surface area contributed by atoms with E-state index in [-0.39, 0.29) is 12.3 Å². The summed E-state index contributed by atoms with van der Waals surface area (Å²) >= 11 is 0. The maximum absolute atomic E-state index is 13.0. The molecule has 0 heterocycles. The lowest BCUT2D eigenvalue weighted by molar-refractivity contribution is -0.210. The summed E-state index contributed by atoms with van der Waals surface area (Å²) in [6.45, 7) is 0. The first kappa shape index (κ1) is 17.3. The first-order valence-electron chi connectivity index (χ1n) is 12.7. The Morgan fingerprint density at radius 3 is 1.72 bits per heavy atom. The van der Waals surface area contributed by atoms with Crippen molar-refractivity contribution >= 4 is 0 Å². The Labute approximate surface area is 171 Å². The second-order valence-corrected chi connectivity index (χ2v) is 12.9. The fourth-order valence-corrected chi connectivity index (χ4v) is 12.9. The zero-order valence-corrected chi connectivity index (χ0v) is 17.0. The zero-order valence-electron chi connectivity index (χ0n) is 17.0. The van der Waals surface area contributed by atoms with Gasteiger partial charge < -0.3 is 5.11 Å². The Balaban J connectivity index is 1.08. The van der Waals surface area contributed by atoms with Crippen LogP contribution in [0.5, 0.6) is 0 Å². The first-order chi connectivity index (χ1) is 13.9. The van der Waals surface area contributed by atoms with Gasteiger partial charge in [-0.2, -0.15) is 13.2 Å². The molecule has 8 bridgehead atoms. The first-order valence-corrected chi connectivity index (χ1v) is 12.7. The second-order valence-electron chi connectivity index (χ2n) is 12.9. The number of aliphatic hydroxyl groups is 1. The largest absolute Gasteiger partial charge is 0.414 e. The van der Waals surface area contributed by atoms with E-state index in [9.17, 15) is 18.3 Å². The van der Waals surface area contributed by atoms with E-state index in [1.54, 1.807) is 0 Å². The fourth-order valence-electron chi connectivity index (χ4n) is 12.9. The van der Waals surface area contributed by atoms with Gasteiger partial charge in [-0.1, -0.05) is 0 Å². The predicted octanol–water partition coefficient (Wildman–Crippen LogP) is 5.38. The smallest absolute Gasteiger partial charge is 0.384 e. The van der Waals surface area contributed by atoms with Crippen LogP contribution in [0.2, 0.25) is 0 Å². The molecule has 1 N–H and O–H groups in total. The van der Waals surface area contributed by atoms with Crippen LogP contribution in [0.15, 0.2) is 0 Å². The van der Waals surface area contributed by atoms with Gasteiger partial charge in [0.15, 0.2) is 0 Å². The van der Waals surface area contributed by atoms with Crippen molar-refractivity contribution in [3.05, 3.63) is 0 Å². The lowest BCUT2D eigenvalue weighted by atomic mass is 9.54. The van der Waals surface area contributed by atoms with Crippen LogP contribution in [-0.4, -0.2) is 17.4 Å². The molecule has 8 aliphatic rings. The lowest BCUT2D eigenvalue weighted by Gasteiger charge is -2.51. The van der Waals surface area contributed by atoms with Crippen molar-refractivity contribution in [1.82, 2.24) is 0 Å². The molecule has 0 aliphatic heterocycles. The van der Waals surface area contributed by atoms with Gasteiger partial charge in [0.1, 0.15) is 6.10 Å². The molecular weight excluding hydrogens is 373 g/mol. The number of hydrogen-bond acceptors (Lipinski definition) is 1. The minimum absolute atomic E-state index is 0.0279. The van der Waals surface area contributed by atoms with Crippen molar-refractivity contribution in [2.75, 3.05) is 0 Å². The Hall–Kier alpha value is -0.250. The van der Waals surface area contributed by atoms with Crippen LogP contribution in [0.3, 0.4) is 0 Å². The number of fused-ring (bicyclic) bond motifs is 23. The highest BCUT2D eigenvalue weighted by atomic mass is 19.4. The van der Waals surface area contributed by atoms with Crippen molar-refractivity contribution in [3.63, 3.8) is 0 Å². The molecule has 0 spiro atoms. The van der Waals surface area contributed by atoms with E-state index in [4.69, 9.17) is 0 Å². The molecule has 8 aliphatic carbocycles. The molecule has 8 fully saturated rings. The van der Waals surface area contributed by atoms with E-state index < -0.39 is 12.3 Å². The van der Waals surface area contributed by atoms with Crippen molar-refractivity contribution < 1.29 is 18.3 Å². The molecular formula is C25H33F3O. The van der Waals surface area contributed by atoms with Gasteiger partial charge in [-0.15, -0.1) is 0 Å². The van der Waals surface area contributed by atoms with Crippen LogP contribution in [0.25, 0.3) is 0 Å². The molecule has 160 valence electrons. The Morgan fingerprint density at radius 2 is 1.14 bits per heavy atom. The molecule has 1 nitrogen and oxygen atoms in total. The molecule has 16 atom stereocenters. The molecule has 8 rings (SSSR count). The average molecular weight is 407 g/mol. The molecule has 0 radical (unpaired) electrons. The van der Waals surface area contributed by atoms with Crippen molar-refractivity contribution in [2.24, 2.45) is 88.8 Å². The predicted molar refractivity (Wildman–Crippen MR) is 101 cm³/mol. The number of rotatable bonds is 2. The Kier molecular flexibility index (Phi) is 3.11. The molecule has 0 aromatic rings. The van der Waals surface area contributed by atoms with Crippen LogP contribution in [0.4, 0.5) is 13.2 Å². The van der Waals surface area contributed by atoms with Gasteiger partial charge in [0.2, 0.25) is 0 Å². The normalized spacial score (nSPS) is 66.0. The van der Waals surface area contributed by atoms with Crippen LogP contribution in [-0.2, 0) is 0 Å². The average Bonchev–Trinajstić information content (AvgIpc) is 3.51. The maximum Gasteiger partial charge on any atom is 0.414 e. The molecule has 16 unspecified atom stereocenters. The van der Waals surface area contributed by atoms with Gasteiger partial charge in [0.05, 0.1) is 0 Å². The van der Waals surface area contributed by atoms with Crippen molar-refractivity contribution in [3.8, 4) is 0 Å². The van der Waals surface area contributed by atoms with E-state index in [0.717, 1.165) is 77.4 Å². The number of aliphatic hydroxyl groups excluding tert-OH is 1. The Morgan fingerprint density at radius 1 is 0.621 bits per heavy atom. The Bertz CT molecular complexity index is 749. The number of alkyl halides is 3. The van der Waals surface area contributed by atoms with E-state index in [1.165, 1.54) is 38.5 Å². The van der Waals surface area contributed by atoms with Crippen molar-refractivity contribution in [2.45, 2.75) is 63.6 Å². The summed E-state index contributed by atoms with van der Waals surface area (Å²) in [5.74, 6) is 12.8. The summed E-state index contributed by atoms with van der Waals surface area (Å²) in [6, 6.07) is 0. The highest BCUT2D eigenvalue weighted by Gasteiger charge is 2.76. The van der Waals surface area contributed by atoms with Crippen molar-refractivity contribution in [1.29, 1.82) is 0 Å². The minimum atomic E-state index is -4.44. The van der Waals surface area contributed by atoms with Gasteiger partial charge in [0, 0.05) is 0 Å².